The van der Waals surface area contributed by atoms with Crippen molar-refractivity contribution in [2.45, 2.75) is 64.0 Å². The van der Waals surface area contributed by atoms with E-state index in [9.17, 15) is 19.2 Å². The third-order valence-corrected chi connectivity index (χ3v) is 6.02. The van der Waals surface area contributed by atoms with Crippen molar-refractivity contribution in [2.75, 3.05) is 39.3 Å². The van der Waals surface area contributed by atoms with Crippen molar-refractivity contribution in [3.63, 3.8) is 0 Å². The van der Waals surface area contributed by atoms with E-state index in [1.54, 1.807) is 4.90 Å². The van der Waals surface area contributed by atoms with Gasteiger partial charge in [0.25, 0.3) is 5.91 Å². The fourth-order valence-electron chi connectivity index (χ4n) is 4.47. The highest BCUT2D eigenvalue weighted by molar-refractivity contribution is 6.07. The van der Waals surface area contributed by atoms with Crippen molar-refractivity contribution in [1.29, 1.82) is 0 Å². The van der Waals surface area contributed by atoms with Crippen LogP contribution in [0.2, 0.25) is 0 Å². The lowest BCUT2D eigenvalue weighted by Crippen LogP contribution is -2.51. The number of piperazine rings is 1. The number of rotatable bonds is 7. The average Bonchev–Trinajstić information content (AvgIpc) is 3.22. The molecule has 1 spiro atoms. The number of urea groups is 1. The molecular formula is C20H33N5O4. The predicted molar refractivity (Wildman–Crippen MR) is 107 cm³/mol. The maximum absolute atomic E-state index is 12.6. The lowest BCUT2D eigenvalue weighted by atomic mass is 9.98. The minimum atomic E-state index is -0.681. The van der Waals surface area contributed by atoms with Crippen LogP contribution in [0, 0.1) is 0 Å². The van der Waals surface area contributed by atoms with Gasteiger partial charge in [0.2, 0.25) is 11.8 Å². The zero-order chi connectivity index (χ0) is 21.0. The standard InChI is InChI=1S/C20H33N5O4/c1-15(2)21-16(26)14-23-10-12-24(13-11-23)17(27)6-5-9-25-18(28)20(22-19(25)29)7-3-4-8-20/h15H,3-14H2,1-2H3,(H,21,26)(H,22,29). The number of hydrogen-bond acceptors (Lipinski definition) is 5. The zero-order valence-corrected chi connectivity index (χ0v) is 17.5. The van der Waals surface area contributed by atoms with Crippen molar-refractivity contribution in [3.8, 4) is 0 Å². The number of imide groups is 1. The van der Waals surface area contributed by atoms with Crippen LogP contribution in [0.4, 0.5) is 4.79 Å². The molecule has 1 saturated carbocycles. The normalized spacial score (nSPS) is 21.9. The smallest absolute Gasteiger partial charge is 0.325 e. The Bertz CT molecular complexity index is 651. The molecule has 0 bridgehead atoms. The van der Waals surface area contributed by atoms with Crippen LogP contribution in [0.25, 0.3) is 0 Å². The third kappa shape index (κ3) is 5.07. The van der Waals surface area contributed by atoms with Crippen molar-refractivity contribution >= 4 is 23.8 Å². The Morgan fingerprint density at radius 2 is 1.76 bits per heavy atom. The van der Waals surface area contributed by atoms with E-state index in [0.717, 1.165) is 12.8 Å². The van der Waals surface area contributed by atoms with Crippen molar-refractivity contribution in [2.24, 2.45) is 0 Å². The van der Waals surface area contributed by atoms with Gasteiger partial charge in [-0.05, 0) is 33.1 Å². The number of nitrogens with zero attached hydrogens (tertiary/aromatic N) is 3. The summed E-state index contributed by atoms with van der Waals surface area (Å²) in [4.78, 5) is 54.3. The number of hydrogen-bond donors (Lipinski definition) is 2. The second-order valence-corrected chi connectivity index (χ2v) is 8.66. The van der Waals surface area contributed by atoms with Gasteiger partial charge in [-0.15, -0.1) is 0 Å². The van der Waals surface area contributed by atoms with E-state index in [-0.39, 0.29) is 36.3 Å². The Hall–Kier alpha value is -2.16. The molecule has 5 amide bonds. The van der Waals surface area contributed by atoms with Gasteiger partial charge in [-0.25, -0.2) is 4.79 Å². The maximum Gasteiger partial charge on any atom is 0.325 e. The summed E-state index contributed by atoms with van der Waals surface area (Å²) in [5, 5.41) is 5.74. The molecule has 29 heavy (non-hydrogen) atoms. The summed E-state index contributed by atoms with van der Waals surface area (Å²) in [6, 6.07) is -0.198. The predicted octanol–water partition coefficient (Wildman–Crippen LogP) is 0.300. The Kier molecular flexibility index (Phi) is 6.77. The summed E-state index contributed by atoms with van der Waals surface area (Å²) in [6.45, 7) is 7.05. The number of nitrogens with one attached hydrogen (secondary N) is 2. The van der Waals surface area contributed by atoms with Gasteiger partial charge >= 0.3 is 6.03 Å². The van der Waals surface area contributed by atoms with Crippen molar-refractivity contribution in [1.82, 2.24) is 25.3 Å². The van der Waals surface area contributed by atoms with Gasteiger partial charge in [0.15, 0.2) is 0 Å². The van der Waals surface area contributed by atoms with E-state index in [2.05, 4.69) is 15.5 Å². The van der Waals surface area contributed by atoms with E-state index in [4.69, 9.17) is 0 Å². The Morgan fingerprint density at radius 3 is 2.38 bits per heavy atom. The van der Waals surface area contributed by atoms with Crippen LogP contribution in [-0.4, -0.2) is 89.3 Å². The minimum absolute atomic E-state index is 0.00775. The van der Waals surface area contributed by atoms with Crippen LogP contribution in [0.1, 0.15) is 52.4 Å². The first-order valence-corrected chi connectivity index (χ1v) is 10.7. The second-order valence-electron chi connectivity index (χ2n) is 8.66. The molecule has 0 aromatic rings. The molecule has 0 unspecified atom stereocenters. The van der Waals surface area contributed by atoms with Gasteiger partial charge in [0, 0.05) is 45.2 Å². The first-order valence-electron chi connectivity index (χ1n) is 10.7. The first kappa shape index (κ1) is 21.5. The van der Waals surface area contributed by atoms with Gasteiger partial charge in [0.05, 0.1) is 6.54 Å². The molecule has 3 aliphatic rings. The fourth-order valence-corrected chi connectivity index (χ4v) is 4.47. The highest BCUT2D eigenvalue weighted by atomic mass is 16.2. The van der Waals surface area contributed by atoms with Gasteiger partial charge in [-0.3, -0.25) is 24.2 Å². The van der Waals surface area contributed by atoms with Gasteiger partial charge in [-0.2, -0.15) is 0 Å². The van der Waals surface area contributed by atoms with Gasteiger partial charge in [-0.1, -0.05) is 12.8 Å². The van der Waals surface area contributed by atoms with E-state index < -0.39 is 5.54 Å². The summed E-state index contributed by atoms with van der Waals surface area (Å²) in [5.41, 5.74) is -0.681. The van der Waals surface area contributed by atoms with Crippen molar-refractivity contribution < 1.29 is 19.2 Å². The molecule has 3 rings (SSSR count). The Balaban J connectivity index is 1.37. The minimum Gasteiger partial charge on any atom is -0.353 e. The Morgan fingerprint density at radius 1 is 1.10 bits per heavy atom. The third-order valence-electron chi connectivity index (χ3n) is 6.02. The molecule has 2 aliphatic heterocycles. The summed E-state index contributed by atoms with van der Waals surface area (Å²) >= 11 is 0. The van der Waals surface area contributed by atoms with Crippen LogP contribution in [0.15, 0.2) is 0 Å². The lowest BCUT2D eigenvalue weighted by molar-refractivity contribution is -0.135. The highest BCUT2D eigenvalue weighted by Crippen LogP contribution is 2.35. The highest BCUT2D eigenvalue weighted by Gasteiger charge is 2.52. The molecule has 2 saturated heterocycles. The van der Waals surface area contributed by atoms with E-state index in [1.807, 2.05) is 13.8 Å². The lowest BCUT2D eigenvalue weighted by Gasteiger charge is -2.34. The van der Waals surface area contributed by atoms with Crippen LogP contribution in [0.5, 0.6) is 0 Å². The molecule has 3 fully saturated rings. The van der Waals surface area contributed by atoms with Crippen LogP contribution in [-0.2, 0) is 14.4 Å². The maximum atomic E-state index is 12.6. The van der Waals surface area contributed by atoms with Crippen molar-refractivity contribution in [3.05, 3.63) is 0 Å². The van der Waals surface area contributed by atoms with E-state index >= 15 is 0 Å². The van der Waals surface area contributed by atoms with Crippen LogP contribution in [0.3, 0.4) is 0 Å². The summed E-state index contributed by atoms with van der Waals surface area (Å²) in [7, 11) is 0. The second kappa shape index (κ2) is 9.11. The molecule has 0 radical (unpaired) electrons. The summed E-state index contributed by atoms with van der Waals surface area (Å²) < 4.78 is 0. The number of carbonyl (C=O) groups excluding carboxylic acids is 4. The summed E-state index contributed by atoms with van der Waals surface area (Å²) in [5.74, 6) is -0.0759. The Labute approximate surface area is 172 Å². The molecule has 0 aromatic heterocycles. The molecule has 0 atom stereocenters. The van der Waals surface area contributed by atoms with E-state index in [1.165, 1.54) is 4.90 Å². The molecule has 9 nitrogen and oxygen atoms in total. The monoisotopic (exact) mass is 407 g/mol. The van der Waals surface area contributed by atoms with Gasteiger partial charge in [0.1, 0.15) is 5.54 Å². The fraction of sp³-hybridized carbons (Fsp3) is 0.800. The molecule has 0 aromatic carbocycles. The van der Waals surface area contributed by atoms with Gasteiger partial charge < -0.3 is 15.5 Å². The quantitative estimate of drug-likeness (QED) is 0.591. The molecule has 2 N–H and O–H groups in total. The van der Waals surface area contributed by atoms with E-state index in [0.29, 0.717) is 58.4 Å². The molecule has 162 valence electrons. The summed E-state index contributed by atoms with van der Waals surface area (Å²) in [6.07, 6.45) is 4.15. The molecule has 2 heterocycles. The first-order chi connectivity index (χ1) is 13.8. The number of amides is 5. The van der Waals surface area contributed by atoms with Crippen LogP contribution >= 0.6 is 0 Å². The largest absolute Gasteiger partial charge is 0.353 e. The number of carbonyl (C=O) groups is 4. The molecular weight excluding hydrogens is 374 g/mol. The topological polar surface area (TPSA) is 102 Å². The zero-order valence-electron chi connectivity index (χ0n) is 17.5. The molecule has 9 heteroatoms. The molecule has 1 aliphatic carbocycles. The SMILES string of the molecule is CC(C)NC(=O)CN1CCN(C(=O)CCCN2C(=O)NC3(CCCC3)C2=O)CC1. The average molecular weight is 408 g/mol. The van der Waals surface area contributed by atoms with Crippen LogP contribution < -0.4 is 10.6 Å².